The van der Waals surface area contributed by atoms with Crippen molar-refractivity contribution < 1.29 is 9.53 Å². The molecule has 39 heavy (non-hydrogen) atoms. The van der Waals surface area contributed by atoms with Crippen LogP contribution in [0.2, 0.25) is 0 Å². The van der Waals surface area contributed by atoms with Crippen molar-refractivity contribution in [3.05, 3.63) is 125 Å². The van der Waals surface area contributed by atoms with E-state index in [1.165, 1.54) is 0 Å². The maximum atomic E-state index is 14.1. The molecule has 0 bridgehead atoms. The van der Waals surface area contributed by atoms with Gasteiger partial charge in [0.25, 0.3) is 0 Å². The number of methoxy groups -OCH3 is 1. The average Bonchev–Trinajstić information content (AvgIpc) is 3.56. The number of anilines is 1. The highest BCUT2D eigenvalue weighted by Gasteiger charge is 2.36. The number of carbonyl (C=O) groups is 1. The van der Waals surface area contributed by atoms with Crippen molar-refractivity contribution in [2.45, 2.75) is 32.9 Å². The Morgan fingerprint density at radius 1 is 0.974 bits per heavy atom. The first-order valence-electron chi connectivity index (χ1n) is 13.2. The summed E-state index contributed by atoms with van der Waals surface area (Å²) in [7, 11) is 1.66. The zero-order valence-electron chi connectivity index (χ0n) is 22.3. The van der Waals surface area contributed by atoms with Crippen LogP contribution in [0.25, 0.3) is 11.5 Å². The summed E-state index contributed by atoms with van der Waals surface area (Å²) in [5, 5.41) is 8.17. The average molecular weight is 518 g/mol. The maximum Gasteiger partial charge on any atom is 0.322 e. The van der Waals surface area contributed by atoms with Gasteiger partial charge in [-0.15, -0.1) is 0 Å². The summed E-state index contributed by atoms with van der Waals surface area (Å²) in [5.74, 6) is 1.73. The molecular weight excluding hydrogens is 486 g/mol. The van der Waals surface area contributed by atoms with Crippen LogP contribution < -0.4 is 10.1 Å². The van der Waals surface area contributed by atoms with Crippen molar-refractivity contribution in [2.24, 2.45) is 0 Å². The molecule has 0 aliphatic carbocycles. The van der Waals surface area contributed by atoms with Crippen molar-refractivity contribution >= 4 is 11.7 Å². The number of amides is 2. The molecule has 2 amide bonds. The SMILES string of the molecule is CCc1nn(-c2ccccc2)c2c1CN(C(=O)Nc1ccc(C)cc1)[C@@H](c1ccc(OC)cc1)c1cccn1-2. The first-order chi connectivity index (χ1) is 19.1. The predicted octanol–water partition coefficient (Wildman–Crippen LogP) is 6.68. The fraction of sp³-hybridized carbons (Fsp3) is 0.188. The van der Waals surface area contributed by atoms with E-state index in [-0.39, 0.29) is 12.1 Å². The van der Waals surface area contributed by atoms with Gasteiger partial charge in [0, 0.05) is 17.4 Å². The molecule has 0 unspecified atom stereocenters. The second-order valence-electron chi connectivity index (χ2n) is 9.75. The van der Waals surface area contributed by atoms with E-state index < -0.39 is 0 Å². The van der Waals surface area contributed by atoms with Crippen molar-refractivity contribution in [1.82, 2.24) is 19.2 Å². The lowest BCUT2D eigenvalue weighted by atomic mass is 10.0. The summed E-state index contributed by atoms with van der Waals surface area (Å²) in [6, 6.07) is 29.6. The minimum absolute atomic E-state index is 0.171. The fourth-order valence-corrected chi connectivity index (χ4v) is 5.32. The standard InChI is InChI=1S/C32H31N5O2/c1-4-28-27-21-36(32(38)33-24-16-12-22(2)13-17-24)30(23-14-18-26(39-3)19-15-23)29-11-8-20-35(29)31(27)37(34-28)25-9-6-5-7-10-25/h5-20,30H,4,21H2,1-3H3,(H,33,38)/t30-/m0/s1. The van der Waals surface area contributed by atoms with E-state index in [0.29, 0.717) is 6.54 Å². The molecule has 1 N–H and O–H groups in total. The molecule has 7 heteroatoms. The smallest absolute Gasteiger partial charge is 0.322 e. The van der Waals surface area contributed by atoms with Crippen LogP contribution >= 0.6 is 0 Å². The summed E-state index contributed by atoms with van der Waals surface area (Å²) in [6.45, 7) is 4.55. The Balaban J connectivity index is 1.53. The third-order valence-electron chi connectivity index (χ3n) is 7.30. The van der Waals surface area contributed by atoms with Crippen LogP contribution in [0.3, 0.4) is 0 Å². The van der Waals surface area contributed by atoms with E-state index in [4.69, 9.17) is 9.84 Å². The summed E-state index contributed by atoms with van der Waals surface area (Å²) in [5.41, 5.74) is 6.87. The van der Waals surface area contributed by atoms with Crippen LogP contribution in [0.4, 0.5) is 10.5 Å². The Morgan fingerprint density at radius 2 is 1.72 bits per heavy atom. The number of nitrogens with one attached hydrogen (secondary N) is 1. The lowest BCUT2D eigenvalue weighted by Crippen LogP contribution is -2.38. The third-order valence-corrected chi connectivity index (χ3v) is 7.30. The van der Waals surface area contributed by atoms with Gasteiger partial charge in [0.2, 0.25) is 0 Å². The molecule has 0 saturated heterocycles. The molecule has 5 aromatic rings. The number of rotatable bonds is 5. The Kier molecular flexibility index (Phi) is 6.40. The second-order valence-corrected chi connectivity index (χ2v) is 9.75. The topological polar surface area (TPSA) is 64.3 Å². The second kappa shape index (κ2) is 10.2. The summed E-state index contributed by atoms with van der Waals surface area (Å²) in [4.78, 5) is 16.0. The highest BCUT2D eigenvalue weighted by atomic mass is 16.5. The van der Waals surface area contributed by atoms with Crippen LogP contribution in [0, 0.1) is 6.92 Å². The molecule has 6 rings (SSSR count). The number of carbonyl (C=O) groups excluding carboxylic acids is 1. The number of ether oxygens (including phenoxy) is 1. The molecule has 3 heterocycles. The van der Waals surface area contributed by atoms with Gasteiger partial charge in [-0.05, 0) is 67.4 Å². The molecular formula is C32H31N5O2. The van der Waals surface area contributed by atoms with Gasteiger partial charge in [0.15, 0.2) is 0 Å². The Hall–Kier alpha value is -4.78. The van der Waals surface area contributed by atoms with Gasteiger partial charge in [0.1, 0.15) is 11.6 Å². The quantitative estimate of drug-likeness (QED) is 0.283. The normalized spacial score (nSPS) is 14.3. The van der Waals surface area contributed by atoms with Crippen LogP contribution in [0.1, 0.15) is 41.0 Å². The number of hydrogen-bond donors (Lipinski definition) is 1. The van der Waals surface area contributed by atoms with E-state index in [1.807, 2.05) is 89.3 Å². The maximum absolute atomic E-state index is 14.1. The first-order valence-corrected chi connectivity index (χ1v) is 13.2. The number of urea groups is 1. The summed E-state index contributed by atoms with van der Waals surface area (Å²) < 4.78 is 9.61. The zero-order valence-corrected chi connectivity index (χ0v) is 22.3. The molecule has 0 fully saturated rings. The van der Waals surface area contributed by atoms with Crippen molar-refractivity contribution in [3.63, 3.8) is 0 Å². The zero-order chi connectivity index (χ0) is 26.9. The van der Waals surface area contributed by atoms with Crippen molar-refractivity contribution in [1.29, 1.82) is 0 Å². The van der Waals surface area contributed by atoms with Crippen molar-refractivity contribution in [3.8, 4) is 17.3 Å². The molecule has 0 radical (unpaired) electrons. The lowest BCUT2D eigenvalue weighted by molar-refractivity contribution is 0.194. The van der Waals surface area contributed by atoms with E-state index in [0.717, 1.165) is 57.4 Å². The molecule has 1 aliphatic rings. The lowest BCUT2D eigenvalue weighted by Gasteiger charge is -2.31. The van der Waals surface area contributed by atoms with Gasteiger partial charge < -0.3 is 19.5 Å². The summed E-state index contributed by atoms with van der Waals surface area (Å²) in [6.07, 6.45) is 2.81. The van der Waals surface area contributed by atoms with Gasteiger partial charge in [-0.1, -0.05) is 55.0 Å². The molecule has 0 spiro atoms. The van der Waals surface area contributed by atoms with Gasteiger partial charge in [-0.2, -0.15) is 5.10 Å². The third kappa shape index (κ3) is 4.46. The van der Waals surface area contributed by atoms with Crippen LogP contribution in [-0.2, 0) is 13.0 Å². The molecule has 1 atom stereocenters. The number of para-hydroxylation sites is 1. The minimum Gasteiger partial charge on any atom is -0.497 e. The molecule has 2 aromatic heterocycles. The van der Waals surface area contributed by atoms with Gasteiger partial charge in [-0.3, -0.25) is 0 Å². The van der Waals surface area contributed by atoms with Crippen LogP contribution in [0.5, 0.6) is 5.75 Å². The Bertz CT molecular complexity index is 1600. The molecule has 1 aliphatic heterocycles. The Morgan fingerprint density at radius 3 is 2.41 bits per heavy atom. The molecule has 3 aromatic carbocycles. The Labute approximate surface area is 228 Å². The van der Waals surface area contributed by atoms with E-state index >= 15 is 0 Å². The molecule has 196 valence electrons. The first kappa shape index (κ1) is 24.6. The number of aryl methyl sites for hydroxylation is 2. The fourth-order valence-electron chi connectivity index (χ4n) is 5.32. The number of fused-ring (bicyclic) bond motifs is 3. The van der Waals surface area contributed by atoms with Crippen LogP contribution in [0.15, 0.2) is 97.2 Å². The number of hydrogen-bond acceptors (Lipinski definition) is 3. The van der Waals surface area contributed by atoms with Gasteiger partial charge >= 0.3 is 6.03 Å². The van der Waals surface area contributed by atoms with E-state index in [2.05, 4.69) is 41.2 Å². The number of benzene rings is 3. The molecule has 0 saturated carbocycles. The van der Waals surface area contributed by atoms with E-state index in [1.54, 1.807) is 7.11 Å². The van der Waals surface area contributed by atoms with E-state index in [9.17, 15) is 4.79 Å². The largest absolute Gasteiger partial charge is 0.497 e. The summed E-state index contributed by atoms with van der Waals surface area (Å²) >= 11 is 0. The van der Waals surface area contributed by atoms with Crippen LogP contribution in [-0.4, -0.2) is 32.4 Å². The van der Waals surface area contributed by atoms with Gasteiger partial charge in [0.05, 0.1) is 36.8 Å². The number of aromatic nitrogens is 3. The number of nitrogens with zero attached hydrogens (tertiary/aromatic N) is 4. The predicted molar refractivity (Wildman–Crippen MR) is 153 cm³/mol. The van der Waals surface area contributed by atoms with Crippen molar-refractivity contribution in [2.75, 3.05) is 12.4 Å². The molecule has 7 nitrogen and oxygen atoms in total. The minimum atomic E-state index is -0.335. The highest BCUT2D eigenvalue weighted by molar-refractivity contribution is 5.90. The highest BCUT2D eigenvalue weighted by Crippen LogP contribution is 2.39. The monoisotopic (exact) mass is 517 g/mol. The van der Waals surface area contributed by atoms with Gasteiger partial charge in [-0.25, -0.2) is 9.48 Å².